The van der Waals surface area contributed by atoms with Crippen molar-refractivity contribution in [3.8, 4) is 0 Å². The zero-order valence-electron chi connectivity index (χ0n) is 10.3. The van der Waals surface area contributed by atoms with Crippen LogP contribution in [0.25, 0.3) is 0 Å². The Morgan fingerprint density at radius 3 is 2.53 bits per heavy atom. The van der Waals surface area contributed by atoms with Crippen LogP contribution in [0.3, 0.4) is 0 Å². The molecule has 0 saturated carbocycles. The second-order valence-corrected chi connectivity index (χ2v) is 5.74. The van der Waals surface area contributed by atoms with Gasteiger partial charge in [-0.1, -0.05) is 18.2 Å². The minimum atomic E-state index is -3.56. The van der Waals surface area contributed by atoms with Crippen LogP contribution in [0.5, 0.6) is 0 Å². The van der Waals surface area contributed by atoms with Crippen molar-refractivity contribution in [2.45, 2.75) is 11.3 Å². The van der Waals surface area contributed by atoms with Crippen molar-refractivity contribution in [2.24, 2.45) is 0 Å². The maximum absolute atomic E-state index is 12.0. The fourth-order valence-corrected chi connectivity index (χ4v) is 2.82. The van der Waals surface area contributed by atoms with Gasteiger partial charge < -0.3 is 5.73 Å². The molecule has 6 heteroatoms. The number of hydrogen-bond donors (Lipinski definition) is 2. The van der Waals surface area contributed by atoms with Crippen LogP contribution in [0.2, 0.25) is 0 Å². The van der Waals surface area contributed by atoms with E-state index in [9.17, 15) is 8.42 Å². The number of sulfonamides is 1. The highest BCUT2D eigenvalue weighted by molar-refractivity contribution is 7.89. The van der Waals surface area contributed by atoms with Crippen molar-refractivity contribution >= 4 is 15.7 Å². The molecule has 2 aromatic rings. The van der Waals surface area contributed by atoms with Crippen LogP contribution in [0, 0.1) is 0 Å². The molecule has 0 aliphatic carbocycles. The quantitative estimate of drug-likeness (QED) is 0.804. The molecular formula is C13H15N3O2S. The van der Waals surface area contributed by atoms with Crippen molar-refractivity contribution < 1.29 is 8.42 Å². The van der Waals surface area contributed by atoms with E-state index < -0.39 is 10.0 Å². The van der Waals surface area contributed by atoms with Gasteiger partial charge in [-0.3, -0.25) is 4.98 Å². The number of anilines is 1. The number of pyridine rings is 1. The summed E-state index contributed by atoms with van der Waals surface area (Å²) in [6.45, 7) is 0.285. The van der Waals surface area contributed by atoms with Crippen LogP contribution >= 0.6 is 0 Å². The minimum Gasteiger partial charge on any atom is -0.398 e. The van der Waals surface area contributed by atoms with Gasteiger partial charge >= 0.3 is 0 Å². The van der Waals surface area contributed by atoms with Crippen molar-refractivity contribution in [3.63, 3.8) is 0 Å². The second kappa shape index (κ2) is 5.81. The Morgan fingerprint density at radius 1 is 1.11 bits per heavy atom. The van der Waals surface area contributed by atoms with Gasteiger partial charge in [0.15, 0.2) is 0 Å². The van der Waals surface area contributed by atoms with Gasteiger partial charge in [0.25, 0.3) is 0 Å². The van der Waals surface area contributed by atoms with E-state index in [1.54, 1.807) is 24.4 Å². The lowest BCUT2D eigenvalue weighted by molar-refractivity contribution is 0.581. The lowest BCUT2D eigenvalue weighted by atomic mass is 10.3. The summed E-state index contributed by atoms with van der Waals surface area (Å²) < 4.78 is 26.6. The zero-order chi connectivity index (χ0) is 13.7. The number of hydrogen-bond acceptors (Lipinski definition) is 4. The molecule has 5 nitrogen and oxygen atoms in total. The molecule has 0 aliphatic rings. The smallest absolute Gasteiger partial charge is 0.242 e. The average Bonchev–Trinajstić information content (AvgIpc) is 2.40. The van der Waals surface area contributed by atoms with E-state index in [0.29, 0.717) is 6.42 Å². The molecule has 0 radical (unpaired) electrons. The molecule has 0 amide bonds. The van der Waals surface area contributed by atoms with E-state index in [2.05, 4.69) is 9.71 Å². The molecule has 1 aromatic heterocycles. The van der Waals surface area contributed by atoms with E-state index in [-0.39, 0.29) is 17.1 Å². The largest absolute Gasteiger partial charge is 0.398 e. The molecule has 2 rings (SSSR count). The standard InChI is InChI=1S/C13H15N3O2S/c14-12-6-1-2-7-13(12)19(17,18)16-10-8-11-5-3-4-9-15-11/h1-7,9,16H,8,10,14H2. The highest BCUT2D eigenvalue weighted by Crippen LogP contribution is 2.16. The van der Waals surface area contributed by atoms with Crippen LogP contribution in [-0.2, 0) is 16.4 Å². The lowest BCUT2D eigenvalue weighted by Gasteiger charge is -2.08. The molecule has 100 valence electrons. The first kappa shape index (κ1) is 13.5. The number of benzene rings is 1. The number of nitrogens with two attached hydrogens (primary N) is 1. The summed E-state index contributed by atoms with van der Waals surface area (Å²) in [7, 11) is -3.56. The maximum atomic E-state index is 12.0. The third-order valence-electron chi connectivity index (χ3n) is 2.61. The number of nitrogen functional groups attached to an aromatic ring is 1. The van der Waals surface area contributed by atoms with Gasteiger partial charge in [0.05, 0.1) is 5.69 Å². The molecular weight excluding hydrogens is 262 g/mol. The van der Waals surface area contributed by atoms with Crippen molar-refractivity contribution in [1.29, 1.82) is 0 Å². The second-order valence-electron chi connectivity index (χ2n) is 4.01. The molecule has 0 saturated heterocycles. The fourth-order valence-electron chi connectivity index (χ4n) is 1.66. The normalized spacial score (nSPS) is 11.4. The van der Waals surface area contributed by atoms with Gasteiger partial charge in [-0.15, -0.1) is 0 Å². The van der Waals surface area contributed by atoms with Gasteiger partial charge in [0.1, 0.15) is 4.90 Å². The summed E-state index contributed by atoms with van der Waals surface area (Å²) in [5, 5.41) is 0. The minimum absolute atomic E-state index is 0.107. The fraction of sp³-hybridized carbons (Fsp3) is 0.154. The van der Waals surface area contributed by atoms with Gasteiger partial charge in [0, 0.05) is 24.9 Å². The van der Waals surface area contributed by atoms with Crippen molar-refractivity contribution in [1.82, 2.24) is 9.71 Å². The summed E-state index contributed by atoms with van der Waals surface area (Å²) >= 11 is 0. The van der Waals surface area contributed by atoms with Crippen LogP contribution in [0.15, 0.2) is 53.6 Å². The highest BCUT2D eigenvalue weighted by Gasteiger charge is 2.15. The first-order valence-electron chi connectivity index (χ1n) is 5.84. The van der Waals surface area contributed by atoms with Crippen LogP contribution in [-0.4, -0.2) is 19.9 Å². The Morgan fingerprint density at radius 2 is 1.84 bits per heavy atom. The maximum Gasteiger partial charge on any atom is 0.242 e. The van der Waals surface area contributed by atoms with E-state index in [0.717, 1.165) is 5.69 Å². The third kappa shape index (κ3) is 3.52. The predicted octanol–water partition coefficient (Wildman–Crippen LogP) is 1.18. The molecule has 19 heavy (non-hydrogen) atoms. The van der Waals surface area contributed by atoms with Gasteiger partial charge in [-0.25, -0.2) is 13.1 Å². The first-order valence-corrected chi connectivity index (χ1v) is 7.32. The first-order chi connectivity index (χ1) is 9.09. The van der Waals surface area contributed by atoms with Crippen molar-refractivity contribution in [3.05, 3.63) is 54.4 Å². The number of aromatic nitrogens is 1. The molecule has 0 aliphatic heterocycles. The molecule has 0 fully saturated rings. The summed E-state index contributed by atoms with van der Waals surface area (Å²) in [5.74, 6) is 0. The topological polar surface area (TPSA) is 85.1 Å². The molecule has 0 spiro atoms. The molecule has 1 aromatic carbocycles. The number of nitrogens with one attached hydrogen (secondary N) is 1. The van der Waals surface area contributed by atoms with Gasteiger partial charge in [0.2, 0.25) is 10.0 Å². The van der Waals surface area contributed by atoms with Crippen LogP contribution in [0.4, 0.5) is 5.69 Å². The van der Waals surface area contributed by atoms with Gasteiger partial charge in [-0.05, 0) is 24.3 Å². The van der Waals surface area contributed by atoms with Crippen molar-refractivity contribution in [2.75, 3.05) is 12.3 Å². The highest BCUT2D eigenvalue weighted by atomic mass is 32.2. The number of rotatable bonds is 5. The lowest BCUT2D eigenvalue weighted by Crippen LogP contribution is -2.26. The number of para-hydroxylation sites is 1. The zero-order valence-corrected chi connectivity index (χ0v) is 11.1. The summed E-state index contributed by atoms with van der Waals surface area (Å²) in [6, 6.07) is 11.9. The average molecular weight is 277 g/mol. The van der Waals surface area contributed by atoms with Crippen LogP contribution < -0.4 is 10.5 Å². The summed E-state index contributed by atoms with van der Waals surface area (Å²) in [5.41, 5.74) is 6.74. The molecule has 3 N–H and O–H groups in total. The Hall–Kier alpha value is -1.92. The summed E-state index contributed by atoms with van der Waals surface area (Å²) in [4.78, 5) is 4.24. The Bertz CT molecular complexity index is 642. The monoisotopic (exact) mass is 277 g/mol. The van der Waals surface area contributed by atoms with E-state index >= 15 is 0 Å². The van der Waals surface area contributed by atoms with Crippen LogP contribution in [0.1, 0.15) is 5.69 Å². The third-order valence-corrected chi connectivity index (χ3v) is 4.14. The Kier molecular flexibility index (Phi) is 4.13. The predicted molar refractivity (Wildman–Crippen MR) is 74.0 cm³/mol. The molecule has 0 unspecified atom stereocenters. The SMILES string of the molecule is Nc1ccccc1S(=O)(=O)NCCc1ccccn1. The van der Waals surface area contributed by atoms with E-state index in [1.807, 2.05) is 18.2 Å². The Labute approximate surface area is 112 Å². The summed E-state index contributed by atoms with van der Waals surface area (Å²) in [6.07, 6.45) is 2.21. The molecule has 1 heterocycles. The van der Waals surface area contributed by atoms with Gasteiger partial charge in [-0.2, -0.15) is 0 Å². The van der Waals surface area contributed by atoms with E-state index in [1.165, 1.54) is 6.07 Å². The Balaban J connectivity index is 2.01. The molecule has 0 atom stereocenters. The number of nitrogens with zero attached hydrogens (tertiary/aromatic N) is 1. The van der Waals surface area contributed by atoms with E-state index in [4.69, 9.17) is 5.73 Å². The molecule has 0 bridgehead atoms.